The fourth-order valence-corrected chi connectivity index (χ4v) is 1.46. The first-order chi connectivity index (χ1) is 8.49. The molecule has 1 aromatic rings. The average Bonchev–Trinajstić information content (AvgIpc) is 2.30. The largest absolute Gasteiger partial charge is 0.393 e. The first kappa shape index (κ1) is 14.4. The minimum Gasteiger partial charge on any atom is -0.393 e. The van der Waals surface area contributed by atoms with E-state index >= 15 is 0 Å². The molecule has 18 heavy (non-hydrogen) atoms. The van der Waals surface area contributed by atoms with Crippen molar-refractivity contribution in [3.8, 4) is 0 Å². The van der Waals surface area contributed by atoms with Crippen molar-refractivity contribution in [2.75, 3.05) is 6.54 Å². The van der Waals surface area contributed by atoms with E-state index in [0.29, 0.717) is 25.1 Å². The number of carbonyl (C=O) groups excluding carboxylic acids is 1. The third kappa shape index (κ3) is 5.14. The molecule has 1 aromatic carbocycles. The Labute approximate surface area is 106 Å². The summed E-state index contributed by atoms with van der Waals surface area (Å²) in [7, 11) is 0. The molecular weight excluding hydrogens is 235 g/mol. The Morgan fingerprint density at radius 3 is 2.78 bits per heavy atom. The molecule has 0 aliphatic carbocycles. The molecule has 2 amide bonds. The Balaban J connectivity index is 2.31. The van der Waals surface area contributed by atoms with Crippen molar-refractivity contribution in [3.63, 3.8) is 0 Å². The molecule has 0 saturated heterocycles. The summed E-state index contributed by atoms with van der Waals surface area (Å²) in [6.45, 7) is 4.12. The van der Waals surface area contributed by atoms with E-state index in [1.54, 1.807) is 26.0 Å². The summed E-state index contributed by atoms with van der Waals surface area (Å²) in [5, 5.41) is 14.3. The third-order valence-corrected chi connectivity index (χ3v) is 2.52. The topological polar surface area (TPSA) is 61.4 Å². The normalized spacial score (nSPS) is 12.0. The van der Waals surface area contributed by atoms with Crippen LogP contribution in [0.5, 0.6) is 0 Å². The smallest absolute Gasteiger partial charge is 0.315 e. The summed E-state index contributed by atoms with van der Waals surface area (Å²) in [5.41, 5.74) is 1.41. The molecule has 0 aliphatic rings. The molecule has 4 nitrogen and oxygen atoms in total. The van der Waals surface area contributed by atoms with Gasteiger partial charge in [-0.05, 0) is 37.5 Å². The van der Waals surface area contributed by atoms with E-state index in [4.69, 9.17) is 5.11 Å². The van der Waals surface area contributed by atoms with Crippen molar-refractivity contribution in [1.82, 2.24) is 10.6 Å². The maximum atomic E-state index is 13.0. The molecule has 0 bridgehead atoms. The summed E-state index contributed by atoms with van der Waals surface area (Å²) in [4.78, 5) is 11.4. The van der Waals surface area contributed by atoms with Gasteiger partial charge in [-0.25, -0.2) is 9.18 Å². The zero-order valence-electron chi connectivity index (χ0n) is 10.7. The number of aliphatic hydroxyl groups is 1. The fourth-order valence-electron chi connectivity index (χ4n) is 1.46. The van der Waals surface area contributed by atoms with Gasteiger partial charge in [-0.3, -0.25) is 0 Å². The van der Waals surface area contributed by atoms with Gasteiger partial charge in [0.15, 0.2) is 0 Å². The lowest BCUT2D eigenvalue weighted by Crippen LogP contribution is -2.36. The molecule has 0 fully saturated rings. The van der Waals surface area contributed by atoms with Crippen LogP contribution in [0.1, 0.15) is 24.5 Å². The second-order valence-corrected chi connectivity index (χ2v) is 4.33. The number of aliphatic hydroxyl groups excluding tert-OH is 1. The van der Waals surface area contributed by atoms with E-state index in [1.165, 1.54) is 6.07 Å². The van der Waals surface area contributed by atoms with E-state index in [0.717, 1.165) is 5.56 Å². The molecule has 1 rings (SSSR count). The van der Waals surface area contributed by atoms with Crippen LogP contribution in [0.15, 0.2) is 18.2 Å². The van der Waals surface area contributed by atoms with E-state index < -0.39 is 6.10 Å². The molecule has 0 radical (unpaired) electrons. The van der Waals surface area contributed by atoms with Gasteiger partial charge in [-0.1, -0.05) is 12.1 Å². The first-order valence-electron chi connectivity index (χ1n) is 5.94. The number of benzene rings is 1. The van der Waals surface area contributed by atoms with Crippen molar-refractivity contribution in [1.29, 1.82) is 0 Å². The number of hydrogen-bond acceptors (Lipinski definition) is 2. The number of urea groups is 1. The van der Waals surface area contributed by atoms with Crippen molar-refractivity contribution >= 4 is 6.03 Å². The van der Waals surface area contributed by atoms with Crippen molar-refractivity contribution in [2.45, 2.75) is 32.9 Å². The lowest BCUT2D eigenvalue weighted by molar-refractivity contribution is 0.183. The molecule has 1 unspecified atom stereocenters. The number of rotatable bonds is 5. The molecular formula is C13H19FN2O2. The van der Waals surface area contributed by atoms with Crippen LogP contribution in [-0.4, -0.2) is 23.8 Å². The van der Waals surface area contributed by atoms with Crippen LogP contribution in [0.25, 0.3) is 0 Å². The number of aryl methyl sites for hydroxylation is 1. The van der Waals surface area contributed by atoms with Crippen molar-refractivity contribution in [3.05, 3.63) is 35.1 Å². The Hall–Kier alpha value is -1.62. The first-order valence-corrected chi connectivity index (χ1v) is 5.94. The van der Waals surface area contributed by atoms with Gasteiger partial charge >= 0.3 is 6.03 Å². The fraction of sp³-hybridized carbons (Fsp3) is 0.462. The van der Waals surface area contributed by atoms with Gasteiger partial charge in [0.25, 0.3) is 0 Å². The molecule has 0 aromatic heterocycles. The second-order valence-electron chi connectivity index (χ2n) is 4.33. The molecule has 1 atom stereocenters. The predicted molar refractivity (Wildman–Crippen MR) is 67.7 cm³/mol. The number of halogens is 1. The van der Waals surface area contributed by atoms with Crippen LogP contribution in [0.4, 0.5) is 9.18 Å². The van der Waals surface area contributed by atoms with Crippen LogP contribution in [-0.2, 0) is 6.54 Å². The summed E-state index contributed by atoms with van der Waals surface area (Å²) >= 11 is 0. The van der Waals surface area contributed by atoms with E-state index in [9.17, 15) is 9.18 Å². The highest BCUT2D eigenvalue weighted by atomic mass is 19.1. The highest BCUT2D eigenvalue weighted by Gasteiger charge is 2.03. The standard InChI is InChI=1S/C13H19FN2O2/c1-9-7-11(3-4-12(9)14)8-16-13(18)15-6-5-10(2)17/h3-4,7,10,17H,5-6,8H2,1-2H3,(H2,15,16,18). The van der Waals surface area contributed by atoms with Gasteiger partial charge in [-0.2, -0.15) is 0 Å². The Kier molecular flexibility index (Phi) is 5.58. The Morgan fingerprint density at radius 1 is 1.44 bits per heavy atom. The highest BCUT2D eigenvalue weighted by Crippen LogP contribution is 2.08. The summed E-state index contributed by atoms with van der Waals surface area (Å²) in [5.74, 6) is -0.250. The lowest BCUT2D eigenvalue weighted by atomic mass is 10.1. The van der Waals surface area contributed by atoms with E-state index in [-0.39, 0.29) is 11.8 Å². The van der Waals surface area contributed by atoms with Crippen LogP contribution in [0.3, 0.4) is 0 Å². The van der Waals surface area contributed by atoms with Crippen molar-refractivity contribution < 1.29 is 14.3 Å². The molecule has 0 saturated carbocycles. The maximum absolute atomic E-state index is 13.0. The van der Waals surface area contributed by atoms with E-state index in [1.807, 2.05) is 0 Å². The number of carbonyl (C=O) groups is 1. The summed E-state index contributed by atoms with van der Waals surface area (Å²) < 4.78 is 13.0. The third-order valence-electron chi connectivity index (χ3n) is 2.52. The average molecular weight is 254 g/mol. The molecule has 0 spiro atoms. The highest BCUT2D eigenvalue weighted by molar-refractivity contribution is 5.73. The number of hydrogen-bond donors (Lipinski definition) is 3. The number of amides is 2. The van der Waals surface area contributed by atoms with Crippen LogP contribution in [0, 0.1) is 12.7 Å². The maximum Gasteiger partial charge on any atom is 0.315 e. The molecule has 0 heterocycles. The predicted octanol–water partition coefficient (Wildman–Crippen LogP) is 1.70. The van der Waals surface area contributed by atoms with Gasteiger partial charge < -0.3 is 15.7 Å². The summed E-state index contributed by atoms with van der Waals surface area (Å²) in [6, 6.07) is 4.43. The Morgan fingerprint density at radius 2 is 2.17 bits per heavy atom. The Bertz CT molecular complexity index is 408. The van der Waals surface area contributed by atoms with Gasteiger partial charge in [0.05, 0.1) is 6.10 Å². The monoisotopic (exact) mass is 254 g/mol. The quantitative estimate of drug-likeness (QED) is 0.749. The van der Waals surface area contributed by atoms with Crippen molar-refractivity contribution in [2.24, 2.45) is 0 Å². The minimum atomic E-state index is -0.426. The molecule has 100 valence electrons. The van der Waals surface area contributed by atoms with Gasteiger partial charge in [-0.15, -0.1) is 0 Å². The SMILES string of the molecule is Cc1cc(CNC(=O)NCCC(C)O)ccc1F. The zero-order chi connectivity index (χ0) is 13.5. The van der Waals surface area contributed by atoms with Crippen LogP contribution < -0.4 is 10.6 Å². The summed E-state index contributed by atoms with van der Waals surface area (Å²) in [6.07, 6.45) is 0.0911. The second kappa shape index (κ2) is 6.96. The van der Waals surface area contributed by atoms with Crippen LogP contribution in [0.2, 0.25) is 0 Å². The van der Waals surface area contributed by atoms with Crippen LogP contribution >= 0.6 is 0 Å². The van der Waals surface area contributed by atoms with E-state index in [2.05, 4.69) is 10.6 Å². The number of nitrogens with one attached hydrogen (secondary N) is 2. The van der Waals surface area contributed by atoms with Gasteiger partial charge in [0, 0.05) is 13.1 Å². The zero-order valence-corrected chi connectivity index (χ0v) is 10.7. The van der Waals surface area contributed by atoms with Gasteiger partial charge in [0.2, 0.25) is 0 Å². The lowest BCUT2D eigenvalue weighted by Gasteiger charge is -2.09. The molecule has 5 heteroatoms. The molecule has 3 N–H and O–H groups in total. The minimum absolute atomic E-state index is 0.250. The molecule has 0 aliphatic heterocycles. The van der Waals surface area contributed by atoms with Gasteiger partial charge in [0.1, 0.15) is 5.82 Å².